The van der Waals surface area contributed by atoms with Crippen molar-refractivity contribution in [3.8, 4) is 0 Å². The average molecular weight is 346 g/mol. The van der Waals surface area contributed by atoms with Gasteiger partial charge in [0.25, 0.3) is 0 Å². The Morgan fingerprint density at radius 3 is 2.52 bits per heavy atom. The maximum atomic E-state index is 12.4. The summed E-state index contributed by atoms with van der Waals surface area (Å²) in [7, 11) is 0. The highest BCUT2D eigenvalue weighted by Crippen LogP contribution is 2.19. The van der Waals surface area contributed by atoms with Gasteiger partial charge in [0, 0.05) is 12.0 Å². The van der Waals surface area contributed by atoms with E-state index in [0.29, 0.717) is 13.0 Å². The van der Waals surface area contributed by atoms with Gasteiger partial charge in [0.2, 0.25) is 5.91 Å². The van der Waals surface area contributed by atoms with Crippen LogP contribution in [0.5, 0.6) is 0 Å². The summed E-state index contributed by atoms with van der Waals surface area (Å²) in [6.45, 7) is 6.07. The van der Waals surface area contributed by atoms with E-state index in [4.69, 9.17) is 4.74 Å². The van der Waals surface area contributed by atoms with Crippen molar-refractivity contribution in [1.29, 1.82) is 0 Å². The second-order valence-electron chi connectivity index (χ2n) is 7.28. The Bertz CT molecular complexity index is 622. The fourth-order valence-electron chi connectivity index (χ4n) is 2.61. The zero-order valence-corrected chi connectivity index (χ0v) is 15.1. The number of ether oxygens (including phenoxy) is 1. The van der Waals surface area contributed by atoms with Gasteiger partial charge in [-0.25, -0.2) is 4.79 Å². The third-order valence-electron chi connectivity index (χ3n) is 4.25. The van der Waals surface area contributed by atoms with Crippen LogP contribution in [0.4, 0.5) is 4.79 Å². The van der Waals surface area contributed by atoms with Crippen molar-refractivity contribution in [3.05, 3.63) is 35.9 Å². The molecule has 2 rings (SSSR count). The molecule has 1 heterocycles. The van der Waals surface area contributed by atoms with Crippen molar-refractivity contribution in [2.45, 2.75) is 46.3 Å². The first-order chi connectivity index (χ1) is 11.8. The Labute approximate surface area is 148 Å². The number of nitrogens with one attached hydrogen (secondary N) is 1. The summed E-state index contributed by atoms with van der Waals surface area (Å²) in [5.74, 6) is -0.344. The van der Waals surface area contributed by atoms with Gasteiger partial charge in [0.15, 0.2) is 5.78 Å². The summed E-state index contributed by atoms with van der Waals surface area (Å²) in [6.07, 6.45) is 0.825. The molecule has 0 radical (unpaired) electrons. The Morgan fingerprint density at radius 2 is 1.88 bits per heavy atom. The Hall–Kier alpha value is -2.37. The van der Waals surface area contributed by atoms with Crippen molar-refractivity contribution in [2.75, 3.05) is 13.1 Å². The molecule has 1 saturated heterocycles. The van der Waals surface area contributed by atoms with Crippen LogP contribution in [-0.2, 0) is 20.9 Å². The molecule has 0 bridgehead atoms. The number of carbonyl (C=O) groups excluding carboxylic acids is 3. The molecular formula is C19H26N2O4. The van der Waals surface area contributed by atoms with Crippen LogP contribution in [0.3, 0.4) is 0 Å². The Balaban J connectivity index is 1.87. The molecular weight excluding hydrogens is 320 g/mol. The predicted octanol–water partition coefficient (Wildman–Crippen LogP) is 2.52. The zero-order valence-electron chi connectivity index (χ0n) is 15.1. The fourth-order valence-corrected chi connectivity index (χ4v) is 2.61. The van der Waals surface area contributed by atoms with Crippen LogP contribution >= 0.6 is 0 Å². The lowest BCUT2D eigenvalue weighted by Gasteiger charge is -2.24. The number of carbonyl (C=O) groups is 3. The first-order valence-corrected chi connectivity index (χ1v) is 8.57. The number of Topliss-reactive ketones (excluding diaryl/α,β-unsaturated/α-hetero) is 1. The third kappa shape index (κ3) is 5.31. The normalized spacial score (nSPS) is 17.2. The van der Waals surface area contributed by atoms with Crippen molar-refractivity contribution in [3.63, 3.8) is 0 Å². The number of ketones is 1. The largest absolute Gasteiger partial charge is 0.445 e. The second kappa shape index (κ2) is 8.14. The topological polar surface area (TPSA) is 75.7 Å². The van der Waals surface area contributed by atoms with Crippen LogP contribution in [-0.4, -0.2) is 41.8 Å². The van der Waals surface area contributed by atoms with Crippen molar-refractivity contribution >= 4 is 17.8 Å². The minimum Gasteiger partial charge on any atom is -0.445 e. The van der Waals surface area contributed by atoms with E-state index in [1.807, 2.05) is 51.1 Å². The number of rotatable bonds is 5. The fraction of sp³-hybridized carbons (Fsp3) is 0.526. The molecule has 1 aliphatic heterocycles. The molecule has 1 aromatic rings. The number of benzene rings is 1. The number of hydrogen-bond acceptors (Lipinski definition) is 4. The quantitative estimate of drug-likeness (QED) is 0.889. The van der Waals surface area contributed by atoms with Crippen LogP contribution in [0.25, 0.3) is 0 Å². The summed E-state index contributed by atoms with van der Waals surface area (Å²) in [5.41, 5.74) is 0.392. The van der Waals surface area contributed by atoms with Crippen molar-refractivity contribution < 1.29 is 19.1 Å². The smallest absolute Gasteiger partial charge is 0.410 e. The highest BCUT2D eigenvalue weighted by Gasteiger charge is 2.35. The third-order valence-corrected chi connectivity index (χ3v) is 4.25. The highest BCUT2D eigenvalue weighted by molar-refractivity contribution is 5.92. The number of amides is 2. The van der Waals surface area contributed by atoms with Crippen LogP contribution in [0.1, 0.15) is 39.2 Å². The van der Waals surface area contributed by atoms with E-state index in [1.54, 1.807) is 0 Å². The maximum Gasteiger partial charge on any atom is 0.410 e. The monoisotopic (exact) mass is 346 g/mol. The molecule has 0 aromatic heterocycles. The zero-order chi connectivity index (χ0) is 18.4. The molecule has 1 aromatic carbocycles. The molecule has 6 heteroatoms. The van der Waals surface area contributed by atoms with Crippen LogP contribution in [0.2, 0.25) is 0 Å². The predicted molar refractivity (Wildman–Crippen MR) is 93.8 cm³/mol. The highest BCUT2D eigenvalue weighted by atomic mass is 16.6. The molecule has 1 atom stereocenters. The Kier molecular flexibility index (Phi) is 6.17. The molecule has 0 spiro atoms. The van der Waals surface area contributed by atoms with Gasteiger partial charge < -0.3 is 10.1 Å². The van der Waals surface area contributed by atoms with Gasteiger partial charge in [-0.2, -0.15) is 0 Å². The molecule has 0 aliphatic carbocycles. The van der Waals surface area contributed by atoms with Crippen LogP contribution in [0, 0.1) is 5.41 Å². The van der Waals surface area contributed by atoms with Crippen LogP contribution in [0.15, 0.2) is 30.3 Å². The van der Waals surface area contributed by atoms with Gasteiger partial charge in [0.1, 0.15) is 12.6 Å². The number of hydrogen-bond donors (Lipinski definition) is 1. The lowest BCUT2D eigenvalue weighted by Crippen LogP contribution is -2.48. The molecule has 0 saturated carbocycles. The molecule has 25 heavy (non-hydrogen) atoms. The van der Waals surface area contributed by atoms with Crippen LogP contribution < -0.4 is 5.32 Å². The van der Waals surface area contributed by atoms with E-state index in [0.717, 1.165) is 12.0 Å². The van der Waals surface area contributed by atoms with E-state index in [2.05, 4.69) is 5.32 Å². The SMILES string of the molecule is CC(C)(C)C(=O)CNC(=O)[C@@H]1CCCN1C(=O)OCc1ccccc1. The summed E-state index contributed by atoms with van der Waals surface area (Å²) in [4.78, 5) is 38.0. The van der Waals surface area contributed by atoms with E-state index in [1.165, 1.54) is 4.90 Å². The van der Waals surface area contributed by atoms with Gasteiger partial charge in [0.05, 0.1) is 6.54 Å². The summed E-state index contributed by atoms with van der Waals surface area (Å²) < 4.78 is 5.31. The summed E-state index contributed by atoms with van der Waals surface area (Å²) in [5, 5.41) is 2.65. The molecule has 2 amide bonds. The number of nitrogens with zero attached hydrogens (tertiary/aromatic N) is 1. The standard InChI is InChI=1S/C19H26N2O4/c1-19(2,3)16(22)12-20-17(23)15-10-7-11-21(15)18(24)25-13-14-8-5-4-6-9-14/h4-6,8-9,15H,7,10-13H2,1-3H3,(H,20,23)/t15-/m0/s1. The minimum absolute atomic E-state index is 0.0221. The van der Waals surface area contributed by atoms with Crippen molar-refractivity contribution in [2.24, 2.45) is 5.41 Å². The first-order valence-electron chi connectivity index (χ1n) is 8.57. The Morgan fingerprint density at radius 1 is 1.20 bits per heavy atom. The van der Waals surface area contributed by atoms with E-state index >= 15 is 0 Å². The molecule has 6 nitrogen and oxygen atoms in total. The minimum atomic E-state index is -0.573. The lowest BCUT2D eigenvalue weighted by atomic mass is 9.91. The van der Waals surface area contributed by atoms with E-state index in [-0.39, 0.29) is 24.8 Å². The summed E-state index contributed by atoms with van der Waals surface area (Å²) in [6, 6.07) is 8.82. The second-order valence-corrected chi connectivity index (χ2v) is 7.28. The number of likely N-dealkylation sites (tertiary alicyclic amines) is 1. The van der Waals surface area contributed by atoms with E-state index in [9.17, 15) is 14.4 Å². The molecule has 136 valence electrons. The van der Waals surface area contributed by atoms with Gasteiger partial charge in [-0.15, -0.1) is 0 Å². The van der Waals surface area contributed by atoms with Gasteiger partial charge in [-0.05, 0) is 18.4 Å². The molecule has 0 unspecified atom stereocenters. The first kappa shape index (κ1) is 19.0. The van der Waals surface area contributed by atoms with Gasteiger partial charge >= 0.3 is 6.09 Å². The average Bonchev–Trinajstić information content (AvgIpc) is 3.07. The molecule has 1 fully saturated rings. The maximum absolute atomic E-state index is 12.4. The molecule has 1 N–H and O–H groups in total. The lowest BCUT2D eigenvalue weighted by molar-refractivity contribution is -0.130. The van der Waals surface area contributed by atoms with Crippen molar-refractivity contribution in [1.82, 2.24) is 10.2 Å². The van der Waals surface area contributed by atoms with E-state index < -0.39 is 17.6 Å². The van der Waals surface area contributed by atoms with Gasteiger partial charge in [-0.1, -0.05) is 51.1 Å². The molecule has 1 aliphatic rings. The van der Waals surface area contributed by atoms with Gasteiger partial charge in [-0.3, -0.25) is 14.5 Å². The summed E-state index contributed by atoms with van der Waals surface area (Å²) >= 11 is 0.